The molecule has 2 atom stereocenters. The molecule has 0 saturated carbocycles. The second-order valence-electron chi connectivity index (χ2n) is 6.40. The summed E-state index contributed by atoms with van der Waals surface area (Å²) in [5.74, 6) is -0.223. The van der Waals surface area contributed by atoms with Crippen LogP contribution in [0.4, 0.5) is 0 Å². The van der Waals surface area contributed by atoms with Gasteiger partial charge in [0.05, 0.1) is 5.56 Å². The van der Waals surface area contributed by atoms with Gasteiger partial charge >= 0.3 is 0 Å². The first-order chi connectivity index (χ1) is 14.2. The van der Waals surface area contributed by atoms with Gasteiger partial charge in [-0.15, -0.1) is 0 Å². The number of carbonyl (C=O) groups is 2. The number of hydrogen-bond acceptors (Lipinski definition) is 8. The number of nitrogens with two attached hydrogens (primary N) is 2. The third-order valence-electron chi connectivity index (χ3n) is 3.83. The molecule has 2 aromatic carbocycles. The zero-order chi connectivity index (χ0) is 22.1. The third kappa shape index (κ3) is 7.49. The summed E-state index contributed by atoms with van der Waals surface area (Å²) in [6, 6.07) is 10.7. The molecular formula is C20H25N3O7. The molecule has 0 aliphatic rings. The number of nitrogens with one attached hydrogen (secondary N) is 1. The molecule has 0 radical (unpaired) electrons. The molecule has 0 aliphatic heterocycles. The SMILES string of the molecule is CC(NCC(O)COc1ccc(OCC(N)=O)cc1)Oc1ccc(O)c(C(N)=O)c1. The number of benzene rings is 2. The molecule has 10 heteroatoms. The third-order valence-corrected chi connectivity index (χ3v) is 3.83. The van der Waals surface area contributed by atoms with Crippen LogP contribution in [-0.4, -0.2) is 54.1 Å². The van der Waals surface area contributed by atoms with Crippen LogP contribution < -0.4 is 31.0 Å². The second kappa shape index (κ2) is 10.9. The molecular weight excluding hydrogens is 394 g/mol. The van der Waals surface area contributed by atoms with Gasteiger partial charge < -0.3 is 35.9 Å². The van der Waals surface area contributed by atoms with Gasteiger partial charge in [0.1, 0.15) is 41.9 Å². The fourth-order valence-electron chi connectivity index (χ4n) is 2.37. The average Bonchev–Trinajstić information content (AvgIpc) is 2.71. The van der Waals surface area contributed by atoms with Gasteiger partial charge in [-0.2, -0.15) is 0 Å². The first kappa shape index (κ1) is 22.8. The number of rotatable bonds is 12. The lowest BCUT2D eigenvalue weighted by Crippen LogP contribution is -2.39. The van der Waals surface area contributed by atoms with E-state index in [2.05, 4.69) is 5.32 Å². The Morgan fingerprint density at radius 3 is 2.23 bits per heavy atom. The van der Waals surface area contributed by atoms with E-state index in [0.717, 1.165) is 0 Å². The highest BCUT2D eigenvalue weighted by Gasteiger charge is 2.12. The summed E-state index contributed by atoms with van der Waals surface area (Å²) in [6.45, 7) is 1.72. The van der Waals surface area contributed by atoms with Gasteiger partial charge in [-0.25, -0.2) is 0 Å². The number of hydrogen-bond donors (Lipinski definition) is 5. The Bertz CT molecular complexity index is 858. The van der Waals surface area contributed by atoms with Crippen molar-refractivity contribution in [2.45, 2.75) is 19.3 Å². The standard InChI is InChI=1S/C20H25N3O7/c1-12(30-16-6-7-18(25)17(8-16)20(22)27)23-9-13(24)10-28-14-2-4-15(5-3-14)29-11-19(21)26/h2-8,12-13,23-25H,9-11H2,1H3,(H2,21,26)(H2,22,27). The van der Waals surface area contributed by atoms with Crippen LogP contribution in [-0.2, 0) is 4.79 Å². The number of ether oxygens (including phenoxy) is 3. The predicted octanol–water partition coefficient (Wildman–Crippen LogP) is 0.110. The van der Waals surface area contributed by atoms with Crippen molar-refractivity contribution in [3.05, 3.63) is 48.0 Å². The molecule has 0 fully saturated rings. The van der Waals surface area contributed by atoms with E-state index in [9.17, 15) is 19.8 Å². The van der Waals surface area contributed by atoms with Crippen LogP contribution >= 0.6 is 0 Å². The van der Waals surface area contributed by atoms with Crippen LogP contribution in [0, 0.1) is 0 Å². The summed E-state index contributed by atoms with van der Waals surface area (Å²) in [5.41, 5.74) is 10.2. The molecule has 0 saturated heterocycles. The maximum Gasteiger partial charge on any atom is 0.255 e. The molecule has 0 aliphatic carbocycles. The van der Waals surface area contributed by atoms with Crippen molar-refractivity contribution in [2.75, 3.05) is 19.8 Å². The number of aliphatic hydroxyl groups is 1. The van der Waals surface area contributed by atoms with Crippen LogP contribution in [0.1, 0.15) is 17.3 Å². The van der Waals surface area contributed by atoms with Crippen LogP contribution in [0.3, 0.4) is 0 Å². The number of aromatic hydroxyl groups is 1. The average molecular weight is 419 g/mol. The van der Waals surface area contributed by atoms with E-state index in [-0.39, 0.29) is 31.1 Å². The van der Waals surface area contributed by atoms with Gasteiger partial charge in [-0.05, 0) is 49.4 Å². The molecule has 0 heterocycles. The van der Waals surface area contributed by atoms with Crippen LogP contribution in [0.2, 0.25) is 0 Å². The van der Waals surface area contributed by atoms with Crippen molar-refractivity contribution >= 4 is 11.8 Å². The summed E-state index contributed by atoms with van der Waals surface area (Å²) in [7, 11) is 0. The van der Waals surface area contributed by atoms with E-state index in [1.165, 1.54) is 18.2 Å². The van der Waals surface area contributed by atoms with Crippen molar-refractivity contribution in [3.63, 3.8) is 0 Å². The number of primary amides is 2. The lowest BCUT2D eigenvalue weighted by Gasteiger charge is -2.19. The fraction of sp³-hybridized carbons (Fsp3) is 0.300. The summed E-state index contributed by atoms with van der Waals surface area (Å²) in [4.78, 5) is 21.9. The highest BCUT2D eigenvalue weighted by atomic mass is 16.5. The maximum atomic E-state index is 11.3. The minimum absolute atomic E-state index is 0.0340. The molecule has 10 nitrogen and oxygen atoms in total. The maximum absolute atomic E-state index is 11.3. The highest BCUT2D eigenvalue weighted by molar-refractivity contribution is 5.95. The molecule has 162 valence electrons. The van der Waals surface area contributed by atoms with E-state index < -0.39 is 24.1 Å². The van der Waals surface area contributed by atoms with Crippen molar-refractivity contribution in [3.8, 4) is 23.0 Å². The summed E-state index contributed by atoms with van der Waals surface area (Å²) in [6.07, 6.45) is -1.31. The Morgan fingerprint density at radius 2 is 1.63 bits per heavy atom. The highest BCUT2D eigenvalue weighted by Crippen LogP contribution is 2.23. The molecule has 0 aromatic heterocycles. The van der Waals surface area contributed by atoms with E-state index in [1.807, 2.05) is 0 Å². The van der Waals surface area contributed by atoms with Crippen LogP contribution in [0.15, 0.2) is 42.5 Å². The molecule has 30 heavy (non-hydrogen) atoms. The van der Waals surface area contributed by atoms with Gasteiger partial charge in [0.25, 0.3) is 11.8 Å². The first-order valence-corrected chi connectivity index (χ1v) is 9.09. The Kier molecular flexibility index (Phi) is 8.27. The number of phenols is 1. The molecule has 7 N–H and O–H groups in total. The molecule has 2 aromatic rings. The minimum Gasteiger partial charge on any atom is -0.507 e. The van der Waals surface area contributed by atoms with E-state index >= 15 is 0 Å². The monoisotopic (exact) mass is 419 g/mol. The Hall–Kier alpha value is -3.50. The Morgan fingerprint density at radius 1 is 1.03 bits per heavy atom. The zero-order valence-corrected chi connectivity index (χ0v) is 16.4. The number of aliphatic hydroxyl groups excluding tert-OH is 1. The van der Waals surface area contributed by atoms with E-state index in [1.54, 1.807) is 31.2 Å². The topological polar surface area (TPSA) is 166 Å². The van der Waals surface area contributed by atoms with Gasteiger partial charge in [0, 0.05) is 6.54 Å². The largest absolute Gasteiger partial charge is 0.507 e. The quantitative estimate of drug-likeness (QED) is 0.302. The van der Waals surface area contributed by atoms with Crippen LogP contribution in [0.25, 0.3) is 0 Å². The van der Waals surface area contributed by atoms with Crippen molar-refractivity contribution in [1.29, 1.82) is 0 Å². The van der Waals surface area contributed by atoms with Crippen molar-refractivity contribution in [2.24, 2.45) is 11.5 Å². The second-order valence-corrected chi connectivity index (χ2v) is 6.40. The van der Waals surface area contributed by atoms with Gasteiger partial charge in [-0.3, -0.25) is 14.9 Å². The normalized spacial score (nSPS) is 12.6. The predicted molar refractivity (Wildman–Crippen MR) is 107 cm³/mol. The van der Waals surface area contributed by atoms with Crippen molar-refractivity contribution < 1.29 is 34.0 Å². The van der Waals surface area contributed by atoms with E-state index in [0.29, 0.717) is 17.2 Å². The zero-order valence-electron chi connectivity index (χ0n) is 16.4. The Balaban J connectivity index is 1.73. The fourth-order valence-corrected chi connectivity index (χ4v) is 2.37. The molecule has 2 unspecified atom stereocenters. The molecule has 2 amide bonds. The first-order valence-electron chi connectivity index (χ1n) is 9.09. The van der Waals surface area contributed by atoms with Crippen molar-refractivity contribution in [1.82, 2.24) is 5.32 Å². The van der Waals surface area contributed by atoms with E-state index in [4.69, 9.17) is 25.7 Å². The van der Waals surface area contributed by atoms with Gasteiger partial charge in [0.2, 0.25) is 0 Å². The number of amides is 2. The van der Waals surface area contributed by atoms with Gasteiger partial charge in [0.15, 0.2) is 6.61 Å². The van der Waals surface area contributed by atoms with Gasteiger partial charge in [-0.1, -0.05) is 0 Å². The summed E-state index contributed by atoms with van der Waals surface area (Å²) < 4.78 is 16.2. The Labute approximate surface area is 173 Å². The number of carbonyl (C=O) groups excluding carboxylic acids is 2. The lowest BCUT2D eigenvalue weighted by atomic mass is 10.2. The lowest BCUT2D eigenvalue weighted by molar-refractivity contribution is -0.119. The summed E-state index contributed by atoms with van der Waals surface area (Å²) >= 11 is 0. The minimum atomic E-state index is -0.817. The molecule has 0 bridgehead atoms. The summed E-state index contributed by atoms with van der Waals surface area (Å²) in [5, 5.41) is 22.6. The smallest absolute Gasteiger partial charge is 0.255 e. The molecule has 2 rings (SSSR count). The molecule has 0 spiro atoms. The van der Waals surface area contributed by atoms with Crippen LogP contribution in [0.5, 0.6) is 23.0 Å².